The third-order valence-electron chi connectivity index (χ3n) is 4.45. The van der Waals surface area contributed by atoms with Gasteiger partial charge in [-0.2, -0.15) is 0 Å². The normalized spacial score (nSPS) is 17.4. The molecule has 2 aromatic rings. The molecule has 1 aliphatic rings. The van der Waals surface area contributed by atoms with Gasteiger partial charge in [0.2, 0.25) is 0 Å². The van der Waals surface area contributed by atoms with Gasteiger partial charge < -0.3 is 15.2 Å². The van der Waals surface area contributed by atoms with Gasteiger partial charge in [-0.15, -0.1) is 0 Å². The number of carboxylic acid groups (broad SMARTS) is 1. The molecule has 150 valence electrons. The first kappa shape index (κ1) is 20.7. The molecule has 0 spiro atoms. The summed E-state index contributed by atoms with van der Waals surface area (Å²) in [6.07, 6.45) is 1.19. The van der Waals surface area contributed by atoms with Crippen molar-refractivity contribution in [3.63, 3.8) is 0 Å². The van der Waals surface area contributed by atoms with Crippen LogP contribution in [-0.4, -0.2) is 28.3 Å². The highest BCUT2D eigenvalue weighted by Gasteiger charge is 2.24. The first-order chi connectivity index (χ1) is 13.9. The van der Waals surface area contributed by atoms with Crippen molar-refractivity contribution >= 4 is 40.6 Å². The zero-order chi connectivity index (χ0) is 21.0. The summed E-state index contributed by atoms with van der Waals surface area (Å²) in [5, 5.41) is 12.4. The van der Waals surface area contributed by atoms with Crippen molar-refractivity contribution in [1.82, 2.24) is 5.32 Å². The zero-order valence-electron chi connectivity index (χ0n) is 16.4. The number of hydrogen-bond donors (Lipinski definition) is 2. The summed E-state index contributed by atoms with van der Waals surface area (Å²) in [7, 11) is 0. The van der Waals surface area contributed by atoms with Crippen LogP contribution in [-0.2, 0) is 9.59 Å². The van der Waals surface area contributed by atoms with Crippen LogP contribution in [0.25, 0.3) is 6.08 Å². The number of amides is 1. The number of aliphatic imine (C=N–C) groups is 1. The number of benzene rings is 2. The minimum absolute atomic E-state index is 0.221. The number of amidine groups is 1. The van der Waals surface area contributed by atoms with E-state index in [2.05, 4.69) is 10.3 Å². The number of nitrogens with one attached hydrogen (secondary N) is 1. The Bertz CT molecular complexity index is 1010. The number of rotatable bonds is 6. The fourth-order valence-corrected chi connectivity index (χ4v) is 3.54. The lowest BCUT2D eigenvalue weighted by Crippen LogP contribution is -2.25. The summed E-state index contributed by atoms with van der Waals surface area (Å²) >= 11 is 1.26. The number of nitrogens with zero attached hydrogens (tertiary/aromatic N) is 1. The van der Waals surface area contributed by atoms with E-state index in [1.54, 1.807) is 31.2 Å². The molecule has 0 aliphatic carbocycles. The lowest BCUT2D eigenvalue weighted by molar-refractivity contribution is -0.145. The molecular weight excluding hydrogens is 388 g/mol. The average molecular weight is 410 g/mol. The molecule has 1 amide bonds. The minimum Gasteiger partial charge on any atom is -0.479 e. The number of carbonyl (C=O) groups excluding carboxylic acids is 1. The summed E-state index contributed by atoms with van der Waals surface area (Å²) in [5.74, 6) is -0.781. The van der Waals surface area contributed by atoms with Gasteiger partial charge in [0.15, 0.2) is 11.3 Å². The second-order valence-electron chi connectivity index (χ2n) is 6.68. The monoisotopic (exact) mass is 410 g/mol. The van der Waals surface area contributed by atoms with Crippen molar-refractivity contribution in [3.8, 4) is 5.75 Å². The van der Waals surface area contributed by atoms with Gasteiger partial charge in [0.1, 0.15) is 5.75 Å². The molecular formula is C22H22N2O4S. The number of thioether (sulfide) groups is 1. The van der Waals surface area contributed by atoms with Crippen LogP contribution in [0.3, 0.4) is 0 Å². The molecule has 1 fully saturated rings. The molecule has 1 aliphatic heterocycles. The zero-order valence-corrected chi connectivity index (χ0v) is 17.2. The van der Waals surface area contributed by atoms with Crippen LogP contribution < -0.4 is 10.1 Å². The highest BCUT2D eigenvalue weighted by atomic mass is 32.2. The van der Waals surface area contributed by atoms with E-state index in [9.17, 15) is 9.59 Å². The third kappa shape index (κ3) is 5.26. The van der Waals surface area contributed by atoms with Crippen LogP contribution in [0.4, 0.5) is 5.69 Å². The molecule has 2 N–H and O–H groups in total. The molecule has 29 heavy (non-hydrogen) atoms. The predicted octanol–water partition coefficient (Wildman–Crippen LogP) is 4.44. The van der Waals surface area contributed by atoms with E-state index in [0.29, 0.717) is 22.2 Å². The lowest BCUT2D eigenvalue weighted by atomic mass is 10.1. The Morgan fingerprint density at radius 2 is 2.03 bits per heavy atom. The SMILES string of the molecule is CCC(Oc1cccc(/C=C2/SC(=Nc3ccc(C)c(C)c3)NC2=O)c1)C(=O)O. The Morgan fingerprint density at radius 1 is 1.24 bits per heavy atom. The Kier molecular flexibility index (Phi) is 6.39. The molecule has 1 saturated heterocycles. The van der Waals surface area contributed by atoms with Crippen LogP contribution in [0.15, 0.2) is 52.4 Å². The van der Waals surface area contributed by atoms with Crippen molar-refractivity contribution < 1.29 is 19.4 Å². The van der Waals surface area contributed by atoms with E-state index in [4.69, 9.17) is 9.84 Å². The van der Waals surface area contributed by atoms with E-state index in [-0.39, 0.29) is 5.91 Å². The van der Waals surface area contributed by atoms with Gasteiger partial charge >= 0.3 is 5.97 Å². The van der Waals surface area contributed by atoms with Crippen molar-refractivity contribution in [1.29, 1.82) is 0 Å². The van der Waals surface area contributed by atoms with Crippen LogP contribution in [0.5, 0.6) is 5.75 Å². The molecule has 0 radical (unpaired) electrons. The summed E-state index contributed by atoms with van der Waals surface area (Å²) in [5.41, 5.74) is 3.85. The largest absolute Gasteiger partial charge is 0.479 e. The average Bonchev–Trinajstić information content (AvgIpc) is 3.01. The molecule has 1 heterocycles. The van der Waals surface area contributed by atoms with Crippen LogP contribution in [0.2, 0.25) is 0 Å². The maximum atomic E-state index is 12.3. The van der Waals surface area contributed by atoms with E-state index in [1.807, 2.05) is 38.1 Å². The molecule has 2 aromatic carbocycles. The van der Waals surface area contributed by atoms with E-state index in [1.165, 1.54) is 17.3 Å². The van der Waals surface area contributed by atoms with Gasteiger partial charge in [-0.1, -0.05) is 25.1 Å². The van der Waals surface area contributed by atoms with E-state index in [0.717, 1.165) is 16.8 Å². The molecule has 7 heteroatoms. The second kappa shape index (κ2) is 8.96. The molecule has 6 nitrogen and oxygen atoms in total. The number of carboxylic acids is 1. The van der Waals surface area contributed by atoms with Gasteiger partial charge in [-0.25, -0.2) is 9.79 Å². The molecule has 0 saturated carbocycles. The van der Waals surface area contributed by atoms with Crippen molar-refractivity contribution in [2.45, 2.75) is 33.3 Å². The van der Waals surface area contributed by atoms with Crippen LogP contribution in [0, 0.1) is 13.8 Å². The Hall–Kier alpha value is -3.06. The fourth-order valence-electron chi connectivity index (χ4n) is 2.69. The van der Waals surface area contributed by atoms with Crippen molar-refractivity contribution in [3.05, 3.63) is 64.1 Å². The molecule has 3 rings (SSSR count). The third-order valence-corrected chi connectivity index (χ3v) is 5.36. The topological polar surface area (TPSA) is 88.0 Å². The molecule has 0 aromatic heterocycles. The number of aryl methyl sites for hydroxylation is 2. The summed E-state index contributed by atoms with van der Waals surface area (Å²) in [6.45, 7) is 5.81. The van der Waals surface area contributed by atoms with Gasteiger partial charge in [-0.3, -0.25) is 4.79 Å². The Morgan fingerprint density at radius 3 is 2.72 bits per heavy atom. The Labute approximate surface area is 173 Å². The summed E-state index contributed by atoms with van der Waals surface area (Å²) < 4.78 is 5.52. The maximum Gasteiger partial charge on any atom is 0.344 e. The summed E-state index contributed by atoms with van der Waals surface area (Å²) in [6, 6.07) is 12.9. The predicted molar refractivity (Wildman–Crippen MR) is 116 cm³/mol. The van der Waals surface area contributed by atoms with Crippen LogP contribution >= 0.6 is 11.8 Å². The van der Waals surface area contributed by atoms with E-state index < -0.39 is 12.1 Å². The smallest absolute Gasteiger partial charge is 0.344 e. The van der Waals surface area contributed by atoms with Crippen LogP contribution in [0.1, 0.15) is 30.0 Å². The van der Waals surface area contributed by atoms with Crippen molar-refractivity contribution in [2.75, 3.05) is 0 Å². The van der Waals surface area contributed by atoms with Gasteiger partial charge in [0.05, 0.1) is 10.6 Å². The van der Waals surface area contributed by atoms with Gasteiger partial charge in [0, 0.05) is 0 Å². The highest BCUT2D eigenvalue weighted by Crippen LogP contribution is 2.29. The Balaban J connectivity index is 1.78. The molecule has 1 atom stereocenters. The first-order valence-electron chi connectivity index (χ1n) is 9.22. The second-order valence-corrected chi connectivity index (χ2v) is 7.71. The number of ether oxygens (including phenoxy) is 1. The van der Waals surface area contributed by atoms with Gasteiger partial charge in [0.25, 0.3) is 5.91 Å². The number of aliphatic carboxylic acids is 1. The molecule has 0 bridgehead atoms. The maximum absolute atomic E-state index is 12.3. The lowest BCUT2D eigenvalue weighted by Gasteiger charge is -2.13. The number of carbonyl (C=O) groups is 2. The van der Waals surface area contributed by atoms with Crippen molar-refractivity contribution in [2.24, 2.45) is 4.99 Å². The number of hydrogen-bond acceptors (Lipinski definition) is 5. The first-order valence-corrected chi connectivity index (χ1v) is 10.0. The minimum atomic E-state index is -1.01. The van der Waals surface area contributed by atoms with Gasteiger partial charge in [-0.05, 0) is 79.1 Å². The molecule has 1 unspecified atom stereocenters. The quantitative estimate of drug-likeness (QED) is 0.688. The highest BCUT2D eigenvalue weighted by molar-refractivity contribution is 8.18. The summed E-state index contributed by atoms with van der Waals surface area (Å²) in [4.78, 5) is 28.5. The van der Waals surface area contributed by atoms with E-state index >= 15 is 0 Å². The standard InChI is InChI=1S/C22H22N2O4S/c1-4-18(21(26)27)28-17-7-5-6-15(11-17)12-19-20(25)24-22(29-19)23-16-9-8-13(2)14(3)10-16/h5-12,18H,4H2,1-3H3,(H,26,27)(H,23,24,25)/b19-12+. The fraction of sp³-hybridized carbons (Fsp3) is 0.227.